The number of alkyl halides is 1. The number of nitrogens with zero attached hydrogens (tertiary/aromatic N) is 4. The van der Waals surface area contributed by atoms with E-state index in [1.165, 1.54) is 6.08 Å². The molecule has 0 unspecified atom stereocenters. The summed E-state index contributed by atoms with van der Waals surface area (Å²) in [6.07, 6.45) is 2.68. The number of hydrogen-bond donors (Lipinski definition) is 0. The van der Waals surface area contributed by atoms with E-state index in [-0.39, 0.29) is 0 Å². The Morgan fingerprint density at radius 1 is 0.864 bits per heavy atom. The molecule has 0 saturated heterocycles. The van der Waals surface area contributed by atoms with E-state index in [0.717, 1.165) is 44.6 Å². The van der Waals surface area contributed by atoms with Crippen LogP contribution in [0.3, 0.4) is 0 Å². The Bertz CT molecular complexity index is 2080. The van der Waals surface area contributed by atoms with Crippen LogP contribution < -0.4 is 9.47 Å². The van der Waals surface area contributed by atoms with E-state index >= 15 is 0 Å². The van der Waals surface area contributed by atoms with Crippen LogP contribution in [0.15, 0.2) is 90.9 Å². The molecule has 222 valence electrons. The minimum absolute atomic E-state index is 0.307. The Kier molecular flexibility index (Phi) is 6.92. The van der Waals surface area contributed by atoms with E-state index < -0.39 is 17.9 Å². The number of aromatic nitrogens is 4. The van der Waals surface area contributed by atoms with Gasteiger partial charge in [0.15, 0.2) is 0 Å². The van der Waals surface area contributed by atoms with Crippen molar-refractivity contribution in [1.29, 1.82) is 0 Å². The van der Waals surface area contributed by atoms with Gasteiger partial charge < -0.3 is 9.47 Å². The van der Waals surface area contributed by atoms with Gasteiger partial charge in [-0.1, -0.05) is 24.3 Å². The minimum atomic E-state index is -1.27. The van der Waals surface area contributed by atoms with Crippen LogP contribution in [0.1, 0.15) is 41.3 Å². The molecule has 0 amide bonds. The molecular formula is C36H32F2N4O2. The van der Waals surface area contributed by atoms with E-state index in [9.17, 15) is 8.78 Å². The fourth-order valence-electron chi connectivity index (χ4n) is 6.48. The monoisotopic (exact) mass is 590 g/mol. The molecular weight excluding hydrogens is 558 g/mol. The van der Waals surface area contributed by atoms with Gasteiger partial charge in [-0.05, 0) is 75.6 Å². The first-order valence-electron chi connectivity index (χ1n) is 14.7. The quantitative estimate of drug-likeness (QED) is 0.194. The molecule has 0 spiro atoms. The zero-order valence-corrected chi connectivity index (χ0v) is 25.0. The normalized spacial score (nSPS) is 16.8. The van der Waals surface area contributed by atoms with E-state index in [1.54, 1.807) is 18.0 Å². The van der Waals surface area contributed by atoms with Gasteiger partial charge in [0.2, 0.25) is 0 Å². The second kappa shape index (κ2) is 10.9. The average molecular weight is 591 g/mol. The predicted molar refractivity (Wildman–Crippen MR) is 169 cm³/mol. The van der Waals surface area contributed by atoms with Gasteiger partial charge in [-0.2, -0.15) is 5.10 Å². The lowest BCUT2D eigenvalue weighted by molar-refractivity contribution is 0.251. The van der Waals surface area contributed by atoms with E-state index in [1.807, 2.05) is 75.4 Å². The Hall–Kier alpha value is -4.98. The van der Waals surface area contributed by atoms with Crippen LogP contribution in [-0.2, 0) is 0 Å². The molecule has 1 aliphatic carbocycles. The zero-order valence-electron chi connectivity index (χ0n) is 25.0. The molecule has 7 rings (SSSR count). The summed E-state index contributed by atoms with van der Waals surface area (Å²) in [5.74, 6) is 1.41. The van der Waals surface area contributed by atoms with Crippen molar-refractivity contribution in [3.63, 3.8) is 0 Å². The number of pyridine rings is 1. The molecule has 44 heavy (non-hydrogen) atoms. The van der Waals surface area contributed by atoms with Crippen molar-refractivity contribution in [2.75, 3.05) is 7.11 Å². The summed E-state index contributed by atoms with van der Waals surface area (Å²) in [5, 5.41) is 6.90. The average Bonchev–Trinajstić information content (AvgIpc) is 3.50. The highest BCUT2D eigenvalue weighted by atomic mass is 19.1. The molecule has 1 aliphatic rings. The molecule has 6 nitrogen and oxygen atoms in total. The second-order valence-electron chi connectivity index (χ2n) is 11.3. The largest absolute Gasteiger partial charge is 0.497 e. The van der Waals surface area contributed by atoms with Crippen molar-refractivity contribution in [2.24, 2.45) is 0 Å². The number of ether oxygens (including phenoxy) is 2. The van der Waals surface area contributed by atoms with Gasteiger partial charge in [0.05, 0.1) is 35.4 Å². The van der Waals surface area contributed by atoms with E-state index in [4.69, 9.17) is 14.6 Å². The Balaban J connectivity index is 1.29. The van der Waals surface area contributed by atoms with Crippen molar-refractivity contribution in [3.05, 3.63) is 113 Å². The lowest BCUT2D eigenvalue weighted by Gasteiger charge is -2.24. The number of hydrogen-bond acceptors (Lipinski definition) is 4. The summed E-state index contributed by atoms with van der Waals surface area (Å²) in [5.41, 5.74) is 5.65. The maximum atomic E-state index is 14.9. The fraction of sp³-hybridized carbons (Fsp3) is 0.222. The van der Waals surface area contributed by atoms with Crippen LogP contribution in [0.25, 0.3) is 33.3 Å². The number of methoxy groups -OCH3 is 1. The highest BCUT2D eigenvalue weighted by Gasteiger charge is 2.34. The van der Waals surface area contributed by atoms with Crippen molar-refractivity contribution >= 4 is 21.8 Å². The number of aryl methyl sites for hydroxylation is 2. The second-order valence-corrected chi connectivity index (χ2v) is 11.3. The predicted octanol–water partition coefficient (Wildman–Crippen LogP) is 9.16. The van der Waals surface area contributed by atoms with E-state index in [2.05, 4.69) is 27.8 Å². The van der Waals surface area contributed by atoms with Crippen LogP contribution in [0, 0.1) is 20.8 Å². The Labute approximate surface area is 254 Å². The van der Waals surface area contributed by atoms with Crippen LogP contribution >= 0.6 is 0 Å². The van der Waals surface area contributed by atoms with Gasteiger partial charge in [-0.25, -0.2) is 18.4 Å². The fourth-order valence-corrected chi connectivity index (χ4v) is 6.48. The third-order valence-corrected chi connectivity index (χ3v) is 8.44. The first kappa shape index (κ1) is 27.8. The summed E-state index contributed by atoms with van der Waals surface area (Å²) < 4.78 is 45.6. The molecule has 0 saturated carbocycles. The summed E-state index contributed by atoms with van der Waals surface area (Å²) >= 11 is 0. The maximum Gasteiger partial charge on any atom is 0.141 e. The third-order valence-electron chi connectivity index (χ3n) is 8.44. The molecule has 3 aromatic carbocycles. The molecule has 6 aromatic rings. The maximum absolute atomic E-state index is 14.9. The van der Waals surface area contributed by atoms with Gasteiger partial charge >= 0.3 is 0 Å². The van der Waals surface area contributed by atoms with Gasteiger partial charge in [0, 0.05) is 46.4 Å². The number of fused-ring (bicyclic) bond motifs is 3. The highest BCUT2D eigenvalue weighted by molar-refractivity contribution is 6.09. The van der Waals surface area contributed by atoms with E-state index in [0.29, 0.717) is 41.3 Å². The SMILES string of the molecule is COc1ccnc(-n2c3ccccc3c3ccc(Oc4cc(C)cc(-n5nc(C)c([C@@H]6C(F)=CCC[C@@H]6F)c5C)c4)cc32)c1. The van der Waals surface area contributed by atoms with Crippen LogP contribution in [0.2, 0.25) is 0 Å². The Morgan fingerprint density at radius 3 is 2.50 bits per heavy atom. The summed E-state index contributed by atoms with van der Waals surface area (Å²) in [7, 11) is 1.64. The van der Waals surface area contributed by atoms with Crippen LogP contribution in [-0.4, -0.2) is 32.6 Å². The molecule has 0 bridgehead atoms. The van der Waals surface area contributed by atoms with Crippen molar-refractivity contribution < 1.29 is 18.3 Å². The van der Waals surface area contributed by atoms with Gasteiger partial charge in [0.1, 0.15) is 35.1 Å². The number of rotatable bonds is 6. The van der Waals surface area contributed by atoms with Gasteiger partial charge in [-0.3, -0.25) is 4.57 Å². The molecule has 0 N–H and O–H groups in total. The summed E-state index contributed by atoms with van der Waals surface area (Å²) in [6.45, 7) is 5.66. The molecule has 2 atom stereocenters. The summed E-state index contributed by atoms with van der Waals surface area (Å²) in [6, 6.07) is 23.8. The number of benzene rings is 3. The minimum Gasteiger partial charge on any atom is -0.497 e. The van der Waals surface area contributed by atoms with Gasteiger partial charge in [-0.15, -0.1) is 0 Å². The molecule has 0 fully saturated rings. The van der Waals surface area contributed by atoms with Gasteiger partial charge in [0.25, 0.3) is 0 Å². The zero-order chi connectivity index (χ0) is 30.5. The number of allylic oxidation sites excluding steroid dienone is 2. The van der Waals surface area contributed by atoms with Crippen molar-refractivity contribution in [1.82, 2.24) is 19.3 Å². The standard InChI is InChI=1S/C36H32F2N4O2/c1-21-16-24(42-23(3)35(22(2)40-42)36-30(37)9-7-10-31(36)38)18-27(17-21)44-26-12-13-29-28-8-5-6-11-32(28)41(33(29)19-26)34-20-25(43-4)14-15-39-34/h5-6,8-9,11-20,31,36H,7,10H2,1-4H3/t31-,36+/m0/s1. The molecule has 8 heteroatoms. The van der Waals surface area contributed by atoms with Crippen molar-refractivity contribution in [3.8, 4) is 28.8 Å². The molecule has 3 aromatic heterocycles. The first-order valence-corrected chi connectivity index (χ1v) is 14.7. The van der Waals surface area contributed by atoms with Crippen molar-refractivity contribution in [2.45, 2.75) is 45.7 Å². The Morgan fingerprint density at radius 2 is 1.68 bits per heavy atom. The first-order chi connectivity index (χ1) is 21.3. The molecule has 0 aliphatic heterocycles. The number of halogens is 2. The summed E-state index contributed by atoms with van der Waals surface area (Å²) in [4.78, 5) is 4.64. The lowest BCUT2D eigenvalue weighted by atomic mass is 9.85. The number of para-hydroxylation sites is 1. The lowest BCUT2D eigenvalue weighted by Crippen LogP contribution is -2.19. The van der Waals surface area contributed by atoms with Crippen LogP contribution in [0.4, 0.5) is 8.78 Å². The smallest absolute Gasteiger partial charge is 0.141 e. The molecule has 3 heterocycles. The topological polar surface area (TPSA) is 54.1 Å². The third kappa shape index (κ3) is 4.71. The highest BCUT2D eigenvalue weighted by Crippen LogP contribution is 2.41. The van der Waals surface area contributed by atoms with Crippen LogP contribution in [0.5, 0.6) is 17.2 Å². The molecule has 0 radical (unpaired) electrons.